The molecule has 22 heavy (non-hydrogen) atoms. The van der Waals surface area contributed by atoms with E-state index in [1.807, 2.05) is 0 Å². The van der Waals surface area contributed by atoms with E-state index in [0.29, 0.717) is 18.5 Å². The minimum atomic E-state index is 0. The van der Waals surface area contributed by atoms with Gasteiger partial charge in [0.1, 0.15) is 0 Å². The third-order valence-electron chi connectivity index (χ3n) is 5.52. The van der Waals surface area contributed by atoms with Gasteiger partial charge in [-0.2, -0.15) is 0 Å². The average molecular weight is 352 g/mol. The van der Waals surface area contributed by atoms with Gasteiger partial charge in [-0.15, -0.1) is 24.8 Å². The molecule has 0 aromatic rings. The molecular formula is C16H31Cl2N3O. The summed E-state index contributed by atoms with van der Waals surface area (Å²) >= 11 is 0. The molecule has 0 unspecified atom stereocenters. The third-order valence-corrected chi connectivity index (χ3v) is 5.52. The topological polar surface area (TPSA) is 35.6 Å². The van der Waals surface area contributed by atoms with Gasteiger partial charge in [0.25, 0.3) is 0 Å². The average Bonchev–Trinajstić information content (AvgIpc) is 2.47. The van der Waals surface area contributed by atoms with Crippen molar-refractivity contribution in [3.8, 4) is 0 Å². The molecule has 1 saturated carbocycles. The SMILES string of the molecule is CN(CC(=O)N1C[C@@H]2CCC[C@@H](C2)C1)C1CCNCC1.Cl.Cl. The van der Waals surface area contributed by atoms with Crippen LogP contribution in [0.5, 0.6) is 0 Å². The van der Waals surface area contributed by atoms with Gasteiger partial charge in [0.05, 0.1) is 6.54 Å². The van der Waals surface area contributed by atoms with Crippen LogP contribution in [0.4, 0.5) is 0 Å². The molecule has 2 bridgehead atoms. The quantitative estimate of drug-likeness (QED) is 0.846. The van der Waals surface area contributed by atoms with Crippen LogP contribution in [-0.2, 0) is 4.79 Å². The van der Waals surface area contributed by atoms with Gasteiger partial charge >= 0.3 is 0 Å². The van der Waals surface area contributed by atoms with Crippen LogP contribution in [0.2, 0.25) is 0 Å². The minimum Gasteiger partial charge on any atom is -0.341 e. The largest absolute Gasteiger partial charge is 0.341 e. The number of carbonyl (C=O) groups is 1. The zero-order valence-electron chi connectivity index (χ0n) is 13.6. The molecule has 1 aliphatic carbocycles. The summed E-state index contributed by atoms with van der Waals surface area (Å²) in [6.45, 7) is 4.85. The van der Waals surface area contributed by atoms with Gasteiger partial charge in [0, 0.05) is 19.1 Å². The lowest BCUT2D eigenvalue weighted by Gasteiger charge is -2.42. The van der Waals surface area contributed by atoms with Crippen LogP contribution in [0, 0.1) is 11.8 Å². The third kappa shape index (κ3) is 4.98. The summed E-state index contributed by atoms with van der Waals surface area (Å²) in [6.07, 6.45) is 7.78. The van der Waals surface area contributed by atoms with Gasteiger partial charge in [-0.3, -0.25) is 9.69 Å². The van der Waals surface area contributed by atoms with Crippen molar-refractivity contribution in [1.29, 1.82) is 0 Å². The van der Waals surface area contributed by atoms with Crippen molar-refractivity contribution < 1.29 is 4.79 Å². The Bertz CT molecular complexity index is 338. The lowest BCUT2D eigenvalue weighted by molar-refractivity contribution is -0.136. The van der Waals surface area contributed by atoms with Gasteiger partial charge in [-0.25, -0.2) is 0 Å². The zero-order chi connectivity index (χ0) is 13.9. The Morgan fingerprint density at radius 2 is 1.68 bits per heavy atom. The summed E-state index contributed by atoms with van der Waals surface area (Å²) in [5.74, 6) is 1.94. The molecule has 2 heterocycles. The number of carbonyl (C=O) groups excluding carboxylic acids is 1. The van der Waals surface area contributed by atoms with E-state index in [-0.39, 0.29) is 24.8 Å². The first-order chi connectivity index (χ1) is 9.72. The first-order valence-corrected chi connectivity index (χ1v) is 8.41. The fourth-order valence-electron chi connectivity index (χ4n) is 4.33. The number of nitrogens with zero attached hydrogens (tertiary/aromatic N) is 2. The Hall–Kier alpha value is -0.0300. The maximum Gasteiger partial charge on any atom is 0.236 e. The molecule has 0 aromatic heterocycles. The van der Waals surface area contributed by atoms with Crippen LogP contribution < -0.4 is 5.32 Å². The Labute approximate surface area is 147 Å². The predicted octanol–water partition coefficient (Wildman–Crippen LogP) is 2.16. The number of nitrogens with one attached hydrogen (secondary N) is 1. The lowest BCUT2D eigenvalue weighted by atomic mass is 9.78. The van der Waals surface area contributed by atoms with Gasteiger partial charge in [0.15, 0.2) is 0 Å². The molecule has 3 fully saturated rings. The molecular weight excluding hydrogens is 321 g/mol. The number of halogens is 2. The second kappa shape index (κ2) is 9.31. The van der Waals surface area contributed by atoms with Crippen molar-refractivity contribution in [3.63, 3.8) is 0 Å². The first kappa shape index (κ1) is 20.0. The monoisotopic (exact) mass is 351 g/mol. The van der Waals surface area contributed by atoms with Crippen molar-refractivity contribution >= 4 is 30.7 Å². The van der Waals surface area contributed by atoms with Crippen molar-refractivity contribution in [1.82, 2.24) is 15.1 Å². The summed E-state index contributed by atoms with van der Waals surface area (Å²) in [4.78, 5) is 17.0. The van der Waals surface area contributed by atoms with Crippen LogP contribution >= 0.6 is 24.8 Å². The molecule has 1 N–H and O–H groups in total. The molecule has 2 saturated heterocycles. The van der Waals surface area contributed by atoms with E-state index in [4.69, 9.17) is 0 Å². The molecule has 2 aliphatic heterocycles. The van der Waals surface area contributed by atoms with E-state index in [1.54, 1.807) is 0 Å². The molecule has 1 amide bonds. The number of piperidine rings is 2. The number of fused-ring (bicyclic) bond motifs is 2. The van der Waals surface area contributed by atoms with Crippen LogP contribution in [0.3, 0.4) is 0 Å². The Morgan fingerprint density at radius 1 is 1.09 bits per heavy atom. The number of hydrogen-bond acceptors (Lipinski definition) is 3. The molecule has 3 rings (SSSR count). The highest BCUT2D eigenvalue weighted by Crippen LogP contribution is 2.34. The van der Waals surface area contributed by atoms with Crippen molar-refractivity contribution in [2.75, 3.05) is 39.8 Å². The zero-order valence-corrected chi connectivity index (χ0v) is 15.3. The Balaban J connectivity index is 0.00000121. The van der Waals surface area contributed by atoms with Crippen LogP contribution in [0.15, 0.2) is 0 Å². The molecule has 2 atom stereocenters. The van der Waals surface area contributed by atoms with Crippen LogP contribution in [0.25, 0.3) is 0 Å². The van der Waals surface area contributed by atoms with E-state index >= 15 is 0 Å². The van der Waals surface area contributed by atoms with E-state index in [2.05, 4.69) is 22.2 Å². The van der Waals surface area contributed by atoms with Gasteiger partial charge in [-0.05, 0) is 64.1 Å². The van der Waals surface area contributed by atoms with E-state index in [1.165, 1.54) is 38.5 Å². The Morgan fingerprint density at radius 3 is 2.27 bits per heavy atom. The predicted molar refractivity (Wildman–Crippen MR) is 95.0 cm³/mol. The normalized spacial score (nSPS) is 28.7. The molecule has 0 spiro atoms. The summed E-state index contributed by atoms with van der Waals surface area (Å²) in [5.41, 5.74) is 0. The summed E-state index contributed by atoms with van der Waals surface area (Å²) in [5, 5.41) is 3.39. The van der Waals surface area contributed by atoms with E-state index in [0.717, 1.165) is 38.0 Å². The van der Waals surface area contributed by atoms with Gasteiger partial charge in [-0.1, -0.05) is 6.42 Å². The van der Waals surface area contributed by atoms with E-state index < -0.39 is 0 Å². The maximum absolute atomic E-state index is 12.6. The number of likely N-dealkylation sites (N-methyl/N-ethyl adjacent to an activating group) is 1. The molecule has 4 nitrogen and oxygen atoms in total. The standard InChI is InChI=1S/C16H29N3O.2ClH/c1-18(15-5-7-17-8-6-15)12-16(20)19-10-13-3-2-4-14(9-13)11-19;;/h13-15,17H,2-12H2,1H3;2*1H/t13-,14+;;. The molecule has 6 heteroatoms. The van der Waals surface area contributed by atoms with E-state index in [9.17, 15) is 4.79 Å². The highest BCUT2D eigenvalue weighted by molar-refractivity contribution is 5.85. The number of amides is 1. The van der Waals surface area contributed by atoms with Gasteiger partial charge < -0.3 is 10.2 Å². The Kier molecular flexibility index (Phi) is 8.47. The van der Waals surface area contributed by atoms with Crippen molar-refractivity contribution in [2.45, 2.75) is 44.6 Å². The van der Waals surface area contributed by atoms with Crippen LogP contribution in [0.1, 0.15) is 38.5 Å². The molecule has 0 radical (unpaired) electrons. The smallest absolute Gasteiger partial charge is 0.236 e. The minimum absolute atomic E-state index is 0. The molecule has 130 valence electrons. The fraction of sp³-hybridized carbons (Fsp3) is 0.938. The number of likely N-dealkylation sites (tertiary alicyclic amines) is 1. The van der Waals surface area contributed by atoms with Crippen molar-refractivity contribution in [2.24, 2.45) is 11.8 Å². The molecule has 0 aromatic carbocycles. The molecule has 3 aliphatic rings. The highest BCUT2D eigenvalue weighted by atomic mass is 35.5. The maximum atomic E-state index is 12.6. The highest BCUT2D eigenvalue weighted by Gasteiger charge is 2.33. The summed E-state index contributed by atoms with van der Waals surface area (Å²) < 4.78 is 0. The summed E-state index contributed by atoms with van der Waals surface area (Å²) in [7, 11) is 2.12. The number of rotatable bonds is 3. The lowest BCUT2D eigenvalue weighted by Crippen LogP contribution is -2.50. The van der Waals surface area contributed by atoms with Crippen molar-refractivity contribution in [3.05, 3.63) is 0 Å². The van der Waals surface area contributed by atoms with Crippen LogP contribution in [-0.4, -0.2) is 61.5 Å². The first-order valence-electron chi connectivity index (χ1n) is 8.41. The summed E-state index contributed by atoms with van der Waals surface area (Å²) in [6, 6.07) is 0.587. The second-order valence-electron chi connectivity index (χ2n) is 7.09. The fourth-order valence-corrected chi connectivity index (χ4v) is 4.33. The second-order valence-corrected chi connectivity index (χ2v) is 7.09. The number of hydrogen-bond donors (Lipinski definition) is 1. The van der Waals surface area contributed by atoms with Gasteiger partial charge in [0.2, 0.25) is 5.91 Å².